The van der Waals surface area contributed by atoms with Crippen LogP contribution in [0.3, 0.4) is 0 Å². The fourth-order valence-corrected chi connectivity index (χ4v) is 4.16. The highest BCUT2D eigenvalue weighted by molar-refractivity contribution is 5.78. The average Bonchev–Trinajstić information content (AvgIpc) is 3.21. The van der Waals surface area contributed by atoms with Crippen molar-refractivity contribution in [2.24, 2.45) is 7.05 Å². The largest absolute Gasteiger partial charge is 0.502 e. The van der Waals surface area contributed by atoms with Crippen LogP contribution in [0, 0.1) is 6.92 Å². The molecule has 1 fully saturated rings. The zero-order valence-electron chi connectivity index (χ0n) is 18.1. The van der Waals surface area contributed by atoms with E-state index < -0.39 is 22.6 Å². The molecule has 9 nitrogen and oxygen atoms in total. The highest BCUT2D eigenvalue weighted by atomic mass is 16.5. The van der Waals surface area contributed by atoms with Crippen LogP contribution in [0.25, 0.3) is 0 Å². The van der Waals surface area contributed by atoms with Gasteiger partial charge in [-0.1, -0.05) is 30.3 Å². The van der Waals surface area contributed by atoms with Crippen molar-refractivity contribution < 1.29 is 19.1 Å². The Bertz CT molecular complexity index is 1150. The van der Waals surface area contributed by atoms with E-state index in [0.29, 0.717) is 37.6 Å². The number of carbonyl (C=O) groups excluding carboxylic acids is 1. The lowest BCUT2D eigenvalue weighted by Gasteiger charge is -2.36. The predicted octanol–water partition coefficient (Wildman–Crippen LogP) is 2.13. The number of nitrogens with zero attached hydrogens (tertiary/aromatic N) is 3. The van der Waals surface area contributed by atoms with Crippen molar-refractivity contribution in [3.8, 4) is 5.75 Å². The summed E-state index contributed by atoms with van der Waals surface area (Å²) in [5, 5.41) is 17.9. The molecule has 2 N–H and O–H groups in total. The Labute approximate surface area is 185 Å². The Morgan fingerprint density at radius 1 is 1.28 bits per heavy atom. The Morgan fingerprint density at radius 2 is 2.00 bits per heavy atom. The van der Waals surface area contributed by atoms with E-state index in [4.69, 9.17) is 9.15 Å². The maximum absolute atomic E-state index is 13.3. The van der Waals surface area contributed by atoms with Crippen LogP contribution in [0.15, 0.2) is 51.9 Å². The smallest absolute Gasteiger partial charge is 0.227 e. The molecule has 1 unspecified atom stereocenters. The molecule has 4 rings (SSSR count). The fraction of sp³-hybridized carbons (Fsp3) is 0.391. The van der Waals surface area contributed by atoms with Gasteiger partial charge in [-0.15, -0.1) is 0 Å². The summed E-state index contributed by atoms with van der Waals surface area (Å²) in [5.74, 6) is 0.285. The van der Waals surface area contributed by atoms with Gasteiger partial charge in [0.1, 0.15) is 18.1 Å². The van der Waals surface area contributed by atoms with Gasteiger partial charge in [0.25, 0.3) is 0 Å². The molecule has 168 valence electrons. The lowest BCUT2D eigenvalue weighted by molar-refractivity contribution is -0.124. The van der Waals surface area contributed by atoms with Crippen molar-refractivity contribution in [1.82, 2.24) is 20.1 Å². The molecule has 1 aliphatic rings. The summed E-state index contributed by atoms with van der Waals surface area (Å²) in [6.07, 6.45) is 2.49. The zero-order chi connectivity index (χ0) is 22.7. The topological polar surface area (TPSA) is 119 Å². The molecule has 0 aliphatic carbocycles. The van der Waals surface area contributed by atoms with Gasteiger partial charge in [-0.2, -0.15) is 5.10 Å². The molecule has 1 amide bonds. The first kappa shape index (κ1) is 21.8. The van der Waals surface area contributed by atoms with Crippen LogP contribution < -0.4 is 10.7 Å². The number of aromatic nitrogens is 3. The van der Waals surface area contributed by atoms with E-state index in [0.717, 1.165) is 5.56 Å². The minimum atomic E-state index is -0.851. The van der Waals surface area contributed by atoms with Crippen molar-refractivity contribution in [3.05, 3.63) is 75.9 Å². The van der Waals surface area contributed by atoms with E-state index in [2.05, 4.69) is 15.4 Å². The van der Waals surface area contributed by atoms with E-state index in [-0.39, 0.29) is 18.1 Å². The molecule has 0 bridgehead atoms. The summed E-state index contributed by atoms with van der Waals surface area (Å²) in [6, 6.07) is 10.2. The van der Waals surface area contributed by atoms with Crippen molar-refractivity contribution in [3.63, 3.8) is 0 Å². The molecule has 9 heteroatoms. The minimum Gasteiger partial charge on any atom is -0.502 e. The SMILES string of the molecule is Cc1cc(=O)c(O)c(C2(CC(=O)NC(c3ccccc3)c3ncn(C)n3)CCOCC2)o1. The molecular weight excluding hydrogens is 412 g/mol. The van der Waals surface area contributed by atoms with Crippen molar-refractivity contribution >= 4 is 5.91 Å². The molecule has 1 aliphatic heterocycles. The summed E-state index contributed by atoms with van der Waals surface area (Å²) in [6.45, 7) is 2.44. The second kappa shape index (κ2) is 8.96. The van der Waals surface area contributed by atoms with E-state index in [9.17, 15) is 14.7 Å². The standard InChI is InChI=1S/C23H26N4O5/c1-15-12-17(28)20(30)21(32-15)23(8-10-31-11-9-23)13-18(29)25-19(16-6-4-3-5-7-16)22-24-14-27(2)26-22/h3-7,12,14,19,30H,8-11,13H2,1-2H3,(H,25,29). The summed E-state index contributed by atoms with van der Waals surface area (Å²) in [7, 11) is 1.76. The maximum atomic E-state index is 13.3. The zero-order valence-corrected chi connectivity index (χ0v) is 18.1. The highest BCUT2D eigenvalue weighted by Crippen LogP contribution is 2.41. The van der Waals surface area contributed by atoms with Gasteiger partial charge in [0.15, 0.2) is 11.6 Å². The van der Waals surface area contributed by atoms with Crippen molar-refractivity contribution in [2.75, 3.05) is 13.2 Å². The second-order valence-corrected chi connectivity index (χ2v) is 8.16. The summed E-state index contributed by atoms with van der Waals surface area (Å²) in [4.78, 5) is 29.9. The molecular formula is C23H26N4O5. The van der Waals surface area contributed by atoms with Crippen LogP contribution in [0.4, 0.5) is 0 Å². The van der Waals surface area contributed by atoms with Crippen LogP contribution in [0.1, 0.15) is 48.2 Å². The Balaban J connectivity index is 1.66. The number of carbonyl (C=O) groups is 1. The first-order chi connectivity index (χ1) is 15.4. The fourth-order valence-electron chi connectivity index (χ4n) is 4.16. The number of ether oxygens (including phenoxy) is 1. The van der Waals surface area contributed by atoms with Crippen molar-refractivity contribution in [1.29, 1.82) is 0 Å². The number of amides is 1. The van der Waals surface area contributed by atoms with Crippen molar-refractivity contribution in [2.45, 2.75) is 37.6 Å². The number of aromatic hydroxyl groups is 1. The lowest BCUT2D eigenvalue weighted by Crippen LogP contribution is -2.41. The molecule has 0 radical (unpaired) electrons. The van der Waals surface area contributed by atoms with Gasteiger partial charge in [0.2, 0.25) is 17.1 Å². The maximum Gasteiger partial charge on any atom is 0.227 e. The van der Waals surface area contributed by atoms with Crippen LogP contribution in [-0.2, 0) is 22.0 Å². The number of aryl methyl sites for hydroxylation is 2. The molecule has 0 saturated carbocycles. The van der Waals surface area contributed by atoms with Crippen LogP contribution >= 0.6 is 0 Å². The molecule has 32 heavy (non-hydrogen) atoms. The molecule has 3 heterocycles. The molecule has 1 aromatic carbocycles. The molecule has 1 atom stereocenters. The van der Waals surface area contributed by atoms with Crippen LogP contribution in [0.5, 0.6) is 5.75 Å². The van der Waals surface area contributed by atoms with Crippen LogP contribution in [-0.4, -0.2) is 39.0 Å². The third-order valence-corrected chi connectivity index (χ3v) is 5.79. The molecule has 1 saturated heterocycles. The monoisotopic (exact) mass is 438 g/mol. The molecule has 3 aromatic rings. The van der Waals surface area contributed by atoms with Gasteiger partial charge in [-0.25, -0.2) is 4.98 Å². The Morgan fingerprint density at radius 3 is 2.66 bits per heavy atom. The average molecular weight is 438 g/mol. The summed E-state index contributed by atoms with van der Waals surface area (Å²) >= 11 is 0. The molecule has 0 spiro atoms. The van der Waals surface area contributed by atoms with E-state index in [1.165, 1.54) is 6.07 Å². The number of hydrogen-bond acceptors (Lipinski definition) is 7. The Hall–Kier alpha value is -3.46. The second-order valence-electron chi connectivity index (χ2n) is 8.16. The predicted molar refractivity (Wildman–Crippen MR) is 115 cm³/mol. The third kappa shape index (κ3) is 4.43. The van der Waals surface area contributed by atoms with E-state index >= 15 is 0 Å². The lowest BCUT2D eigenvalue weighted by atomic mass is 9.74. The number of hydrogen-bond donors (Lipinski definition) is 2. The van der Waals surface area contributed by atoms with Gasteiger partial charge in [0.05, 0.1) is 0 Å². The third-order valence-electron chi connectivity index (χ3n) is 5.79. The Kier molecular flexibility index (Phi) is 6.09. The van der Waals surface area contributed by atoms with E-state index in [1.807, 2.05) is 30.3 Å². The van der Waals surface area contributed by atoms with E-state index in [1.54, 1.807) is 25.0 Å². The van der Waals surface area contributed by atoms with Gasteiger partial charge in [-0.3, -0.25) is 14.3 Å². The van der Waals surface area contributed by atoms with Crippen LogP contribution in [0.2, 0.25) is 0 Å². The first-order valence-corrected chi connectivity index (χ1v) is 10.5. The highest BCUT2D eigenvalue weighted by Gasteiger charge is 2.42. The normalized spacial score (nSPS) is 16.4. The number of nitrogens with one attached hydrogen (secondary N) is 1. The van der Waals surface area contributed by atoms with Gasteiger partial charge in [0, 0.05) is 38.2 Å². The summed E-state index contributed by atoms with van der Waals surface area (Å²) in [5.41, 5.74) is -0.524. The minimum absolute atomic E-state index is 0.0203. The number of benzene rings is 1. The summed E-state index contributed by atoms with van der Waals surface area (Å²) < 4.78 is 12.9. The van der Waals surface area contributed by atoms with Gasteiger partial charge >= 0.3 is 0 Å². The number of rotatable bonds is 6. The van der Waals surface area contributed by atoms with Gasteiger partial charge in [-0.05, 0) is 25.3 Å². The molecule has 2 aromatic heterocycles. The quantitative estimate of drug-likeness (QED) is 0.605. The van der Waals surface area contributed by atoms with Gasteiger partial charge < -0.3 is 19.6 Å². The first-order valence-electron chi connectivity index (χ1n) is 10.5.